The summed E-state index contributed by atoms with van der Waals surface area (Å²) in [5.41, 5.74) is 0. The second kappa shape index (κ2) is 4.13. The van der Waals surface area contributed by atoms with Gasteiger partial charge in [-0.05, 0) is 0 Å². The quantitative estimate of drug-likeness (QED) is 0.619. The maximum absolute atomic E-state index is 3.74. The van der Waals surface area contributed by atoms with E-state index in [0.29, 0.717) is 0 Å². The van der Waals surface area contributed by atoms with Crippen molar-refractivity contribution in [1.29, 1.82) is 0 Å². The molecule has 10 heavy (non-hydrogen) atoms. The average Bonchev–Trinajstić information content (AvgIpc) is 1.14. The van der Waals surface area contributed by atoms with Crippen molar-refractivity contribution in [3.05, 3.63) is 0 Å². The molecule has 0 saturated heterocycles. The Morgan fingerprint density at radius 3 is 0.900 bits per heavy atom. The molecule has 0 unspecified atom stereocenters. The first kappa shape index (κ1) is 13.6. The van der Waals surface area contributed by atoms with E-state index in [1.54, 1.807) is 0 Å². The zero-order chi connectivity index (χ0) is 7.71. The van der Waals surface area contributed by atoms with Gasteiger partial charge in [-0.3, -0.25) is 0 Å². The minimum absolute atomic E-state index is 0. The van der Waals surface area contributed by atoms with E-state index in [-0.39, 0.29) is 18.9 Å². The van der Waals surface area contributed by atoms with Gasteiger partial charge in [-0.2, -0.15) is 0 Å². The molecule has 0 aliphatic rings. The molecule has 1 nitrogen and oxygen atoms in total. The maximum atomic E-state index is 3.74. The van der Waals surface area contributed by atoms with Gasteiger partial charge >= 0.3 is 18.9 Å². The Bertz CT molecular complexity index is 80.9. The molecule has 0 rings (SSSR count). The Morgan fingerprint density at radius 2 is 0.900 bits per heavy atom. The zero-order valence-corrected chi connectivity index (χ0v) is 9.50. The molecule has 0 aromatic heterocycles. The molecule has 0 heterocycles. The van der Waals surface area contributed by atoms with Crippen molar-refractivity contribution in [1.82, 2.24) is 4.65 Å². The summed E-state index contributed by atoms with van der Waals surface area (Å²) >= 11 is 0. The molecule has 0 aromatic rings. The summed E-state index contributed by atoms with van der Waals surface area (Å²) in [6.45, 7) is 14.1. The second-order valence-corrected chi connectivity index (χ2v) is 14.6. The van der Waals surface area contributed by atoms with Crippen LogP contribution in [0.4, 0.5) is 0 Å². The summed E-state index contributed by atoms with van der Waals surface area (Å²) in [4.78, 5) is 0. The molecule has 0 saturated carbocycles. The van der Waals surface area contributed by atoms with Crippen LogP contribution in [0.5, 0.6) is 0 Å². The molecular formula is C6H20LiNSi2. The molecule has 58 valence electrons. The van der Waals surface area contributed by atoms with Gasteiger partial charge in [0.1, 0.15) is 16.5 Å². The van der Waals surface area contributed by atoms with E-state index in [2.05, 4.69) is 43.9 Å². The number of rotatable bonds is 2. The van der Waals surface area contributed by atoms with Crippen LogP contribution in [-0.2, 0) is 0 Å². The van der Waals surface area contributed by atoms with Crippen molar-refractivity contribution in [3.63, 3.8) is 0 Å². The van der Waals surface area contributed by atoms with E-state index in [1.807, 2.05) is 0 Å². The Labute approximate surface area is 79.3 Å². The van der Waals surface area contributed by atoms with Crippen LogP contribution >= 0.6 is 0 Å². The van der Waals surface area contributed by atoms with Crippen LogP contribution in [0.15, 0.2) is 0 Å². The third-order valence-corrected chi connectivity index (χ3v) is 6.75. The monoisotopic (exact) mass is 169 g/mol. The van der Waals surface area contributed by atoms with Crippen molar-refractivity contribution >= 4 is 35.3 Å². The SMILES string of the molecule is C[Si](C)(C)N[Si](C)(C)C.[LiH]. The molecule has 4 heteroatoms. The number of hydrogen-bond acceptors (Lipinski definition) is 1. The normalized spacial score (nSPS) is 12.6. The van der Waals surface area contributed by atoms with Crippen LogP contribution in [0.1, 0.15) is 0 Å². The Hall–Kier alpha value is 0.991. The van der Waals surface area contributed by atoms with Crippen molar-refractivity contribution in [2.45, 2.75) is 39.3 Å². The molecule has 0 fully saturated rings. The van der Waals surface area contributed by atoms with E-state index in [0.717, 1.165) is 0 Å². The molecule has 0 spiro atoms. The summed E-state index contributed by atoms with van der Waals surface area (Å²) in [5.74, 6) is 0. The summed E-state index contributed by atoms with van der Waals surface area (Å²) in [6, 6.07) is 0. The van der Waals surface area contributed by atoms with Crippen LogP contribution < -0.4 is 4.65 Å². The third-order valence-electron chi connectivity index (χ3n) is 0.750. The molecule has 0 amide bonds. The summed E-state index contributed by atoms with van der Waals surface area (Å²) in [7, 11) is -1.96. The van der Waals surface area contributed by atoms with Gasteiger partial charge in [-0.25, -0.2) is 0 Å². The van der Waals surface area contributed by atoms with Gasteiger partial charge in [-0.15, -0.1) is 0 Å². The zero-order valence-electron chi connectivity index (χ0n) is 7.50. The average molecular weight is 169 g/mol. The molecule has 0 atom stereocenters. The van der Waals surface area contributed by atoms with Gasteiger partial charge in [0.25, 0.3) is 0 Å². The van der Waals surface area contributed by atoms with E-state index in [9.17, 15) is 0 Å². The molecule has 0 radical (unpaired) electrons. The number of hydrogen-bond donors (Lipinski definition) is 1. The van der Waals surface area contributed by atoms with Crippen LogP contribution in [0.3, 0.4) is 0 Å². The van der Waals surface area contributed by atoms with E-state index in [4.69, 9.17) is 0 Å². The van der Waals surface area contributed by atoms with Gasteiger partial charge in [-0.1, -0.05) is 39.3 Å². The fourth-order valence-electron chi connectivity index (χ4n) is 1.12. The summed E-state index contributed by atoms with van der Waals surface area (Å²) in [6.07, 6.45) is 0. The van der Waals surface area contributed by atoms with E-state index >= 15 is 0 Å². The molecule has 0 bridgehead atoms. The molecule has 0 aliphatic carbocycles. The van der Waals surface area contributed by atoms with Crippen molar-refractivity contribution in [3.8, 4) is 0 Å². The molecule has 1 N–H and O–H groups in total. The van der Waals surface area contributed by atoms with Crippen molar-refractivity contribution in [2.24, 2.45) is 0 Å². The first-order valence-corrected chi connectivity index (χ1v) is 10.5. The van der Waals surface area contributed by atoms with Crippen molar-refractivity contribution < 1.29 is 0 Å². The fraction of sp³-hybridized carbons (Fsp3) is 1.00. The Balaban J connectivity index is 0. The Kier molecular flexibility index (Phi) is 5.60. The third kappa shape index (κ3) is 11.7. The fourth-order valence-corrected chi connectivity index (χ4v) is 10.1. The topological polar surface area (TPSA) is 12.0 Å². The number of nitrogens with one attached hydrogen (secondary N) is 1. The molecule has 0 aliphatic heterocycles. The predicted octanol–water partition coefficient (Wildman–Crippen LogP) is 1.60. The molecule has 0 aromatic carbocycles. The first-order chi connectivity index (χ1) is 3.71. The van der Waals surface area contributed by atoms with Gasteiger partial charge in [0, 0.05) is 0 Å². The molecular weight excluding hydrogens is 149 g/mol. The van der Waals surface area contributed by atoms with Crippen LogP contribution in [-0.4, -0.2) is 35.3 Å². The minimum atomic E-state index is -0.981. The van der Waals surface area contributed by atoms with Gasteiger partial charge in [0.15, 0.2) is 0 Å². The summed E-state index contributed by atoms with van der Waals surface area (Å²) in [5, 5.41) is 0. The second-order valence-electron chi connectivity index (χ2n) is 4.62. The van der Waals surface area contributed by atoms with E-state index in [1.165, 1.54) is 0 Å². The van der Waals surface area contributed by atoms with Gasteiger partial charge in [0.05, 0.1) is 0 Å². The first-order valence-electron chi connectivity index (χ1n) is 3.50. The Morgan fingerprint density at radius 1 is 0.700 bits per heavy atom. The van der Waals surface area contributed by atoms with Crippen molar-refractivity contribution in [2.75, 3.05) is 0 Å². The van der Waals surface area contributed by atoms with E-state index < -0.39 is 16.5 Å². The standard InChI is InChI=1S/C6H19NSi2.Li.H/c1-8(2,3)7-9(4,5)6;;/h7H,1-6H3;;. The summed E-state index contributed by atoms with van der Waals surface area (Å²) < 4.78 is 3.74. The van der Waals surface area contributed by atoms with Crippen LogP contribution in [0.25, 0.3) is 0 Å². The van der Waals surface area contributed by atoms with Crippen LogP contribution in [0, 0.1) is 0 Å². The van der Waals surface area contributed by atoms with Gasteiger partial charge in [0.2, 0.25) is 0 Å². The van der Waals surface area contributed by atoms with Gasteiger partial charge < -0.3 is 4.65 Å². The predicted molar refractivity (Wildman–Crippen MR) is 57.0 cm³/mol. The van der Waals surface area contributed by atoms with Crippen LogP contribution in [0.2, 0.25) is 39.3 Å².